The fourth-order valence-corrected chi connectivity index (χ4v) is 3.48. The molecule has 1 unspecified atom stereocenters. The first-order valence-corrected chi connectivity index (χ1v) is 9.23. The maximum absolute atomic E-state index is 12.2. The number of carbonyl (C=O) groups excluding carboxylic acids is 1. The molecule has 0 saturated carbocycles. The van der Waals surface area contributed by atoms with Gasteiger partial charge in [0.25, 0.3) is 0 Å². The molecule has 0 spiro atoms. The van der Waals surface area contributed by atoms with E-state index in [-0.39, 0.29) is 11.9 Å². The van der Waals surface area contributed by atoms with Gasteiger partial charge in [-0.2, -0.15) is 11.3 Å². The van der Waals surface area contributed by atoms with Crippen LogP contribution in [0.2, 0.25) is 5.02 Å². The molecule has 124 valence electrons. The molecule has 1 aromatic carbocycles. The van der Waals surface area contributed by atoms with Crippen molar-refractivity contribution in [3.63, 3.8) is 0 Å². The SMILES string of the molecule is CCN(CC)C(CNC(=O)Cc1ccc(Cl)cc1)c1ccsc1. The lowest BCUT2D eigenvalue weighted by atomic mass is 10.1. The molecule has 0 radical (unpaired) electrons. The second-order valence-electron chi connectivity index (χ2n) is 5.40. The Morgan fingerprint density at radius 3 is 2.48 bits per heavy atom. The molecule has 2 aromatic rings. The van der Waals surface area contributed by atoms with Gasteiger partial charge < -0.3 is 5.32 Å². The molecule has 0 fully saturated rings. The number of likely N-dealkylation sites (N-methyl/N-ethyl adjacent to an activating group) is 1. The summed E-state index contributed by atoms with van der Waals surface area (Å²) < 4.78 is 0. The largest absolute Gasteiger partial charge is 0.354 e. The topological polar surface area (TPSA) is 32.3 Å². The van der Waals surface area contributed by atoms with Crippen molar-refractivity contribution in [2.75, 3.05) is 19.6 Å². The number of hydrogen-bond acceptors (Lipinski definition) is 3. The Morgan fingerprint density at radius 2 is 1.91 bits per heavy atom. The minimum absolute atomic E-state index is 0.0414. The van der Waals surface area contributed by atoms with Gasteiger partial charge in [0.1, 0.15) is 0 Å². The van der Waals surface area contributed by atoms with Gasteiger partial charge in [0.05, 0.1) is 12.5 Å². The third-order valence-corrected chi connectivity index (χ3v) is 4.91. The van der Waals surface area contributed by atoms with Crippen LogP contribution < -0.4 is 5.32 Å². The van der Waals surface area contributed by atoms with E-state index >= 15 is 0 Å². The molecule has 1 N–H and O–H groups in total. The molecule has 1 aromatic heterocycles. The van der Waals surface area contributed by atoms with Gasteiger partial charge in [-0.25, -0.2) is 0 Å². The smallest absolute Gasteiger partial charge is 0.224 e. The zero-order chi connectivity index (χ0) is 16.7. The molecule has 0 aliphatic carbocycles. The average molecular weight is 351 g/mol. The van der Waals surface area contributed by atoms with E-state index in [0.29, 0.717) is 18.0 Å². The number of nitrogens with one attached hydrogen (secondary N) is 1. The van der Waals surface area contributed by atoms with Crippen LogP contribution >= 0.6 is 22.9 Å². The molecular formula is C18H23ClN2OS. The number of benzene rings is 1. The van der Waals surface area contributed by atoms with Crippen molar-refractivity contribution in [2.45, 2.75) is 26.3 Å². The summed E-state index contributed by atoms with van der Waals surface area (Å²) in [6, 6.07) is 9.78. The quantitative estimate of drug-likeness (QED) is 0.775. The number of rotatable bonds is 8. The first-order chi connectivity index (χ1) is 11.1. The number of hydrogen-bond donors (Lipinski definition) is 1. The molecule has 23 heavy (non-hydrogen) atoms. The van der Waals surface area contributed by atoms with Crippen molar-refractivity contribution < 1.29 is 4.79 Å². The van der Waals surface area contributed by atoms with Crippen LogP contribution in [-0.2, 0) is 11.2 Å². The fraction of sp³-hybridized carbons (Fsp3) is 0.389. The third-order valence-electron chi connectivity index (χ3n) is 3.95. The van der Waals surface area contributed by atoms with Gasteiger partial charge in [-0.1, -0.05) is 37.6 Å². The van der Waals surface area contributed by atoms with Gasteiger partial charge in [0, 0.05) is 11.6 Å². The van der Waals surface area contributed by atoms with Gasteiger partial charge in [0.15, 0.2) is 0 Å². The second kappa shape index (κ2) is 9.06. The van der Waals surface area contributed by atoms with Crippen molar-refractivity contribution in [1.82, 2.24) is 10.2 Å². The molecule has 3 nitrogen and oxygen atoms in total. The normalized spacial score (nSPS) is 12.3. The van der Waals surface area contributed by atoms with Crippen molar-refractivity contribution in [1.29, 1.82) is 0 Å². The highest BCUT2D eigenvalue weighted by Crippen LogP contribution is 2.22. The maximum Gasteiger partial charge on any atom is 0.224 e. The molecule has 0 bridgehead atoms. The zero-order valence-electron chi connectivity index (χ0n) is 13.6. The van der Waals surface area contributed by atoms with Crippen LogP contribution in [0.1, 0.15) is 31.0 Å². The Kier molecular flexibility index (Phi) is 7.09. The van der Waals surface area contributed by atoms with Crippen LogP contribution in [-0.4, -0.2) is 30.4 Å². The Morgan fingerprint density at radius 1 is 1.22 bits per heavy atom. The number of thiophene rings is 1. The van der Waals surface area contributed by atoms with Crippen molar-refractivity contribution in [3.05, 3.63) is 57.2 Å². The molecule has 2 rings (SSSR count). The lowest BCUT2D eigenvalue weighted by Crippen LogP contribution is -2.38. The molecule has 0 saturated heterocycles. The Labute approximate surface area is 147 Å². The second-order valence-corrected chi connectivity index (χ2v) is 6.62. The molecule has 1 amide bonds. The minimum Gasteiger partial charge on any atom is -0.354 e. The molecule has 1 atom stereocenters. The Balaban J connectivity index is 1.95. The highest BCUT2D eigenvalue weighted by molar-refractivity contribution is 7.07. The van der Waals surface area contributed by atoms with E-state index in [9.17, 15) is 4.79 Å². The van der Waals surface area contributed by atoms with Crippen LogP contribution in [0.5, 0.6) is 0 Å². The van der Waals surface area contributed by atoms with Crippen molar-refractivity contribution in [2.24, 2.45) is 0 Å². The molecule has 5 heteroatoms. The van der Waals surface area contributed by atoms with E-state index in [1.54, 1.807) is 11.3 Å². The Hall–Kier alpha value is -1.36. The van der Waals surface area contributed by atoms with E-state index in [4.69, 9.17) is 11.6 Å². The van der Waals surface area contributed by atoms with E-state index in [0.717, 1.165) is 18.7 Å². The van der Waals surface area contributed by atoms with Crippen molar-refractivity contribution >= 4 is 28.8 Å². The van der Waals surface area contributed by atoms with Gasteiger partial charge >= 0.3 is 0 Å². The van der Waals surface area contributed by atoms with Gasteiger partial charge in [0.2, 0.25) is 5.91 Å². The summed E-state index contributed by atoms with van der Waals surface area (Å²) in [5.74, 6) is 0.0414. The fourth-order valence-electron chi connectivity index (χ4n) is 2.65. The van der Waals surface area contributed by atoms with E-state index in [2.05, 4.69) is 40.9 Å². The number of amides is 1. The first kappa shape index (κ1) is 18.0. The summed E-state index contributed by atoms with van der Waals surface area (Å²) in [6.07, 6.45) is 0.381. The number of halogens is 1. The zero-order valence-corrected chi connectivity index (χ0v) is 15.2. The maximum atomic E-state index is 12.2. The summed E-state index contributed by atoms with van der Waals surface area (Å²) in [4.78, 5) is 14.6. The van der Waals surface area contributed by atoms with Crippen LogP contribution in [0.4, 0.5) is 0 Å². The predicted molar refractivity (Wildman–Crippen MR) is 98.1 cm³/mol. The summed E-state index contributed by atoms with van der Waals surface area (Å²) >= 11 is 7.56. The lowest BCUT2D eigenvalue weighted by molar-refractivity contribution is -0.120. The van der Waals surface area contributed by atoms with E-state index in [1.807, 2.05) is 24.3 Å². The van der Waals surface area contributed by atoms with Gasteiger partial charge in [-0.05, 0) is 53.2 Å². The highest BCUT2D eigenvalue weighted by Gasteiger charge is 2.19. The highest BCUT2D eigenvalue weighted by atomic mass is 35.5. The number of carbonyl (C=O) groups is 1. The Bertz CT molecular complexity index is 594. The molecule has 1 heterocycles. The van der Waals surface area contributed by atoms with Crippen LogP contribution in [0.15, 0.2) is 41.1 Å². The van der Waals surface area contributed by atoms with Crippen LogP contribution in [0.3, 0.4) is 0 Å². The first-order valence-electron chi connectivity index (χ1n) is 7.91. The number of nitrogens with zero attached hydrogens (tertiary/aromatic N) is 1. The van der Waals surface area contributed by atoms with Crippen LogP contribution in [0, 0.1) is 0 Å². The average Bonchev–Trinajstić information content (AvgIpc) is 3.08. The molecule has 0 aliphatic heterocycles. The van der Waals surface area contributed by atoms with Gasteiger partial charge in [-0.3, -0.25) is 9.69 Å². The monoisotopic (exact) mass is 350 g/mol. The van der Waals surface area contributed by atoms with Gasteiger partial charge in [-0.15, -0.1) is 0 Å². The summed E-state index contributed by atoms with van der Waals surface area (Å²) in [6.45, 7) is 6.86. The lowest BCUT2D eigenvalue weighted by Gasteiger charge is -2.29. The molecule has 0 aliphatic rings. The summed E-state index contributed by atoms with van der Waals surface area (Å²) in [5, 5.41) is 8.01. The van der Waals surface area contributed by atoms with Crippen LogP contribution in [0.25, 0.3) is 0 Å². The third kappa shape index (κ3) is 5.34. The molecular weight excluding hydrogens is 328 g/mol. The van der Waals surface area contributed by atoms with E-state index < -0.39 is 0 Å². The standard InChI is InChI=1S/C18H23ClN2OS/c1-3-21(4-2)17(15-9-10-23-13-15)12-20-18(22)11-14-5-7-16(19)8-6-14/h5-10,13,17H,3-4,11-12H2,1-2H3,(H,20,22). The summed E-state index contributed by atoms with van der Waals surface area (Å²) in [5.41, 5.74) is 2.24. The van der Waals surface area contributed by atoms with Crippen molar-refractivity contribution in [3.8, 4) is 0 Å². The summed E-state index contributed by atoms with van der Waals surface area (Å²) in [7, 11) is 0. The predicted octanol–water partition coefficient (Wildman–Crippen LogP) is 4.14. The van der Waals surface area contributed by atoms with E-state index in [1.165, 1.54) is 5.56 Å². The minimum atomic E-state index is 0.0414.